The molecule has 0 aromatic rings. The van der Waals surface area contributed by atoms with Gasteiger partial charge in [0.1, 0.15) is 0 Å². The number of nitrogens with zero attached hydrogens (tertiary/aromatic N) is 2. The Morgan fingerprint density at radius 3 is 2.32 bits per heavy atom. The molecular formula is C12H25N3O3S. The molecule has 1 amide bonds. The van der Waals surface area contributed by atoms with Crippen LogP contribution >= 0.6 is 0 Å². The first kappa shape index (κ1) is 16.4. The van der Waals surface area contributed by atoms with E-state index in [9.17, 15) is 13.2 Å². The highest BCUT2D eigenvalue weighted by atomic mass is 32.2. The van der Waals surface area contributed by atoms with Crippen molar-refractivity contribution in [3.05, 3.63) is 0 Å². The Balaban J connectivity index is 2.25. The van der Waals surface area contributed by atoms with Gasteiger partial charge in [0.2, 0.25) is 15.9 Å². The molecule has 1 fully saturated rings. The minimum Gasteiger partial charge on any atom is -0.340 e. The summed E-state index contributed by atoms with van der Waals surface area (Å²) in [5, 5.41) is 0. The van der Waals surface area contributed by atoms with Crippen LogP contribution in [0.1, 0.15) is 26.7 Å². The van der Waals surface area contributed by atoms with Gasteiger partial charge in [-0.1, -0.05) is 13.8 Å². The van der Waals surface area contributed by atoms with Crippen molar-refractivity contribution >= 4 is 15.9 Å². The van der Waals surface area contributed by atoms with E-state index in [2.05, 4.69) is 16.5 Å². The summed E-state index contributed by atoms with van der Waals surface area (Å²) in [7, 11) is -3.20. The molecule has 1 N–H and O–H groups in total. The van der Waals surface area contributed by atoms with Crippen molar-refractivity contribution in [2.45, 2.75) is 26.7 Å². The van der Waals surface area contributed by atoms with Gasteiger partial charge < -0.3 is 9.80 Å². The Labute approximate surface area is 116 Å². The van der Waals surface area contributed by atoms with Crippen molar-refractivity contribution in [3.63, 3.8) is 0 Å². The maximum Gasteiger partial charge on any atom is 0.223 e. The fourth-order valence-electron chi connectivity index (χ4n) is 2.13. The van der Waals surface area contributed by atoms with E-state index in [1.807, 2.05) is 11.8 Å². The van der Waals surface area contributed by atoms with Crippen LogP contribution in [0.2, 0.25) is 0 Å². The van der Waals surface area contributed by atoms with Crippen LogP contribution in [-0.4, -0.2) is 69.1 Å². The fraction of sp³-hybridized carbons (Fsp3) is 0.917. The molecule has 1 aliphatic rings. The molecule has 112 valence electrons. The van der Waals surface area contributed by atoms with Gasteiger partial charge >= 0.3 is 0 Å². The monoisotopic (exact) mass is 291 g/mol. The van der Waals surface area contributed by atoms with Gasteiger partial charge in [0.15, 0.2) is 0 Å². The number of rotatable bonds is 7. The number of carbonyl (C=O) groups is 1. The van der Waals surface area contributed by atoms with Crippen LogP contribution in [-0.2, 0) is 14.8 Å². The van der Waals surface area contributed by atoms with E-state index in [1.165, 1.54) is 0 Å². The average Bonchev–Trinajstić information content (AvgIpc) is 2.38. The molecule has 0 spiro atoms. The number of likely N-dealkylation sites (N-methyl/N-ethyl adjacent to an activating group) is 1. The van der Waals surface area contributed by atoms with Crippen LogP contribution in [0.15, 0.2) is 0 Å². The molecule has 0 radical (unpaired) electrons. The van der Waals surface area contributed by atoms with E-state index in [-0.39, 0.29) is 24.6 Å². The molecular weight excluding hydrogens is 266 g/mol. The van der Waals surface area contributed by atoms with E-state index in [0.29, 0.717) is 6.42 Å². The van der Waals surface area contributed by atoms with Crippen molar-refractivity contribution in [1.82, 2.24) is 14.5 Å². The predicted molar refractivity (Wildman–Crippen MR) is 75.4 cm³/mol. The summed E-state index contributed by atoms with van der Waals surface area (Å²) in [5.41, 5.74) is 0. The van der Waals surface area contributed by atoms with Crippen molar-refractivity contribution in [1.29, 1.82) is 0 Å². The molecule has 7 heteroatoms. The Kier molecular flexibility index (Phi) is 6.74. The second kappa shape index (κ2) is 7.81. The van der Waals surface area contributed by atoms with Crippen LogP contribution in [0.5, 0.6) is 0 Å². The quantitative estimate of drug-likeness (QED) is 0.709. The van der Waals surface area contributed by atoms with Crippen molar-refractivity contribution in [2.75, 3.05) is 45.0 Å². The highest BCUT2D eigenvalue weighted by Crippen LogP contribution is 2.03. The minimum atomic E-state index is -3.20. The van der Waals surface area contributed by atoms with Crippen molar-refractivity contribution in [3.8, 4) is 0 Å². The Morgan fingerprint density at radius 2 is 1.79 bits per heavy atom. The number of hydrogen-bond acceptors (Lipinski definition) is 4. The second-order valence-corrected chi connectivity index (χ2v) is 6.70. The van der Waals surface area contributed by atoms with Gasteiger partial charge in [0.05, 0.1) is 5.75 Å². The third-order valence-electron chi connectivity index (χ3n) is 3.31. The maximum atomic E-state index is 11.9. The van der Waals surface area contributed by atoms with Crippen LogP contribution in [0.3, 0.4) is 0 Å². The van der Waals surface area contributed by atoms with Crippen LogP contribution in [0, 0.1) is 0 Å². The maximum absolute atomic E-state index is 11.9. The molecule has 1 saturated heterocycles. The molecule has 0 unspecified atom stereocenters. The Bertz CT molecular complexity index is 376. The molecule has 19 heavy (non-hydrogen) atoms. The zero-order chi connectivity index (χ0) is 14.3. The standard InChI is InChI=1S/C12H25N3O3S/c1-3-11-19(17,18)13-6-5-12(16)15-9-7-14(4-2)8-10-15/h13H,3-11H2,1-2H3. The molecule has 6 nitrogen and oxygen atoms in total. The summed E-state index contributed by atoms with van der Waals surface area (Å²) in [5.74, 6) is 0.158. The molecule has 0 saturated carbocycles. The average molecular weight is 291 g/mol. The van der Waals surface area contributed by atoms with E-state index in [4.69, 9.17) is 0 Å². The highest BCUT2D eigenvalue weighted by Gasteiger charge is 2.20. The number of hydrogen-bond donors (Lipinski definition) is 1. The first-order valence-corrected chi connectivity index (χ1v) is 8.61. The summed E-state index contributed by atoms with van der Waals surface area (Å²) < 4.78 is 25.3. The van der Waals surface area contributed by atoms with E-state index < -0.39 is 10.0 Å². The topological polar surface area (TPSA) is 69.7 Å². The van der Waals surface area contributed by atoms with Gasteiger partial charge in [-0.05, 0) is 13.0 Å². The predicted octanol–water partition coefficient (Wildman–Crippen LogP) is -0.130. The van der Waals surface area contributed by atoms with Crippen molar-refractivity contribution < 1.29 is 13.2 Å². The summed E-state index contributed by atoms with van der Waals surface area (Å²) in [6.45, 7) is 8.45. The van der Waals surface area contributed by atoms with E-state index in [0.717, 1.165) is 32.7 Å². The number of carbonyl (C=O) groups excluding carboxylic acids is 1. The lowest BCUT2D eigenvalue weighted by molar-refractivity contribution is -0.132. The summed E-state index contributed by atoms with van der Waals surface area (Å²) in [6.07, 6.45) is 0.831. The second-order valence-electron chi connectivity index (χ2n) is 4.78. The fourth-order valence-corrected chi connectivity index (χ4v) is 3.22. The lowest BCUT2D eigenvalue weighted by atomic mass is 10.3. The van der Waals surface area contributed by atoms with Crippen LogP contribution in [0.25, 0.3) is 0 Å². The number of amides is 1. The third-order valence-corrected chi connectivity index (χ3v) is 4.90. The lowest BCUT2D eigenvalue weighted by Gasteiger charge is -2.34. The molecule has 1 rings (SSSR count). The zero-order valence-corrected chi connectivity index (χ0v) is 12.7. The van der Waals surface area contributed by atoms with Gasteiger partial charge in [-0.3, -0.25) is 4.79 Å². The number of piperazine rings is 1. The molecule has 1 aliphatic heterocycles. The zero-order valence-electron chi connectivity index (χ0n) is 11.9. The normalized spacial score (nSPS) is 17.7. The Morgan fingerprint density at radius 1 is 1.16 bits per heavy atom. The lowest BCUT2D eigenvalue weighted by Crippen LogP contribution is -2.49. The minimum absolute atomic E-state index is 0.0370. The SMILES string of the molecule is CCCS(=O)(=O)NCCC(=O)N1CCN(CC)CC1. The largest absolute Gasteiger partial charge is 0.340 e. The third kappa shape index (κ3) is 5.88. The van der Waals surface area contributed by atoms with Gasteiger partial charge in [0.25, 0.3) is 0 Å². The van der Waals surface area contributed by atoms with E-state index >= 15 is 0 Å². The summed E-state index contributed by atoms with van der Waals surface area (Å²) in [4.78, 5) is 16.0. The first-order chi connectivity index (χ1) is 8.98. The highest BCUT2D eigenvalue weighted by molar-refractivity contribution is 7.89. The van der Waals surface area contributed by atoms with Gasteiger partial charge in [-0.2, -0.15) is 0 Å². The number of nitrogens with one attached hydrogen (secondary N) is 1. The van der Waals surface area contributed by atoms with Gasteiger partial charge in [0, 0.05) is 39.1 Å². The van der Waals surface area contributed by atoms with Crippen molar-refractivity contribution in [2.24, 2.45) is 0 Å². The molecule has 0 aliphatic carbocycles. The molecule has 0 bridgehead atoms. The van der Waals surface area contributed by atoms with Gasteiger partial charge in [-0.15, -0.1) is 0 Å². The first-order valence-electron chi connectivity index (χ1n) is 6.96. The molecule has 0 aromatic heterocycles. The van der Waals surface area contributed by atoms with E-state index in [1.54, 1.807) is 0 Å². The molecule has 0 aromatic carbocycles. The smallest absolute Gasteiger partial charge is 0.223 e. The number of sulfonamides is 1. The summed E-state index contributed by atoms with van der Waals surface area (Å²) >= 11 is 0. The van der Waals surface area contributed by atoms with Crippen LogP contribution in [0.4, 0.5) is 0 Å². The van der Waals surface area contributed by atoms with Gasteiger partial charge in [-0.25, -0.2) is 13.1 Å². The summed E-state index contributed by atoms with van der Waals surface area (Å²) in [6, 6.07) is 0. The Hall–Kier alpha value is -0.660. The molecule has 0 atom stereocenters. The van der Waals surface area contributed by atoms with Crippen LogP contribution < -0.4 is 4.72 Å². The molecule has 1 heterocycles.